The summed E-state index contributed by atoms with van der Waals surface area (Å²) in [7, 11) is 3.47. The first-order valence-corrected chi connectivity index (χ1v) is 13.1. The summed E-state index contributed by atoms with van der Waals surface area (Å²) in [6.45, 7) is 6.60. The molecule has 0 bridgehead atoms. The van der Waals surface area contributed by atoms with Crippen LogP contribution in [0.1, 0.15) is 47.1 Å². The van der Waals surface area contributed by atoms with Crippen molar-refractivity contribution in [2.75, 3.05) is 45.4 Å². The fourth-order valence-electron chi connectivity index (χ4n) is 5.21. The van der Waals surface area contributed by atoms with Crippen LogP contribution in [0, 0.1) is 0 Å². The number of anilines is 1. The van der Waals surface area contributed by atoms with Crippen molar-refractivity contribution in [1.29, 1.82) is 0 Å². The number of hydrogen-bond donors (Lipinski definition) is 2. The Morgan fingerprint density at radius 1 is 0.944 bits per heavy atom. The van der Waals surface area contributed by atoms with E-state index in [4.69, 9.17) is 9.47 Å². The van der Waals surface area contributed by atoms with Gasteiger partial charge in [-0.15, -0.1) is 0 Å². The summed E-state index contributed by atoms with van der Waals surface area (Å²) in [5, 5.41) is 13.3. The third kappa shape index (κ3) is 6.59. The van der Waals surface area contributed by atoms with E-state index in [0.717, 1.165) is 64.2 Å². The van der Waals surface area contributed by atoms with Crippen LogP contribution in [0.5, 0.6) is 11.5 Å². The molecule has 192 valence electrons. The van der Waals surface area contributed by atoms with Crippen LogP contribution >= 0.6 is 0 Å². The Labute approximate surface area is 216 Å². The molecule has 0 heterocycles. The molecule has 0 unspecified atom stereocenters. The van der Waals surface area contributed by atoms with Crippen molar-refractivity contribution >= 4 is 5.69 Å². The van der Waals surface area contributed by atoms with Gasteiger partial charge in [0.1, 0.15) is 11.5 Å². The monoisotopic (exact) mass is 488 g/mol. The van der Waals surface area contributed by atoms with Crippen molar-refractivity contribution in [3.05, 3.63) is 88.5 Å². The largest absolute Gasteiger partial charge is 0.508 e. The lowest BCUT2D eigenvalue weighted by Gasteiger charge is -2.32. The van der Waals surface area contributed by atoms with E-state index in [9.17, 15) is 5.11 Å². The molecule has 0 amide bonds. The molecule has 3 aromatic carbocycles. The van der Waals surface area contributed by atoms with E-state index in [1.807, 2.05) is 12.1 Å². The molecule has 0 spiro atoms. The van der Waals surface area contributed by atoms with Gasteiger partial charge in [-0.3, -0.25) is 0 Å². The van der Waals surface area contributed by atoms with Gasteiger partial charge in [-0.1, -0.05) is 36.4 Å². The van der Waals surface area contributed by atoms with Crippen molar-refractivity contribution < 1.29 is 14.6 Å². The molecule has 5 heteroatoms. The fourth-order valence-corrected chi connectivity index (χ4v) is 5.21. The highest BCUT2D eigenvalue weighted by Gasteiger charge is 2.24. The molecule has 36 heavy (non-hydrogen) atoms. The number of methoxy groups -OCH3 is 2. The van der Waals surface area contributed by atoms with E-state index < -0.39 is 0 Å². The maximum absolute atomic E-state index is 9.88. The zero-order valence-corrected chi connectivity index (χ0v) is 21.9. The van der Waals surface area contributed by atoms with Crippen LogP contribution in [0.4, 0.5) is 5.69 Å². The maximum Gasteiger partial charge on any atom is 0.120 e. The molecule has 3 aromatic rings. The third-order valence-electron chi connectivity index (χ3n) is 7.29. The number of fused-ring (bicyclic) bond motifs is 1. The number of nitrogens with one attached hydrogen (secondary N) is 1. The summed E-state index contributed by atoms with van der Waals surface area (Å²) in [5.41, 5.74) is 7.93. The Morgan fingerprint density at radius 2 is 1.75 bits per heavy atom. The molecular weight excluding hydrogens is 448 g/mol. The molecule has 1 atom stereocenters. The van der Waals surface area contributed by atoms with Crippen LogP contribution in [-0.2, 0) is 30.5 Å². The predicted molar refractivity (Wildman–Crippen MR) is 147 cm³/mol. The second-order valence-electron chi connectivity index (χ2n) is 9.64. The van der Waals surface area contributed by atoms with E-state index in [1.165, 1.54) is 33.5 Å². The second kappa shape index (κ2) is 12.8. The van der Waals surface area contributed by atoms with Gasteiger partial charge in [0.25, 0.3) is 0 Å². The summed E-state index contributed by atoms with van der Waals surface area (Å²) in [5.74, 6) is 1.71. The lowest BCUT2D eigenvalue weighted by molar-refractivity contribution is 0.199. The van der Waals surface area contributed by atoms with Crippen molar-refractivity contribution in [1.82, 2.24) is 5.32 Å². The van der Waals surface area contributed by atoms with Gasteiger partial charge < -0.3 is 24.8 Å². The lowest BCUT2D eigenvalue weighted by Crippen LogP contribution is -2.25. The van der Waals surface area contributed by atoms with Crippen LogP contribution in [0.2, 0.25) is 0 Å². The first-order valence-electron chi connectivity index (χ1n) is 13.1. The van der Waals surface area contributed by atoms with E-state index in [1.54, 1.807) is 14.2 Å². The molecule has 0 aliphatic heterocycles. The molecule has 0 fully saturated rings. The number of benzene rings is 3. The van der Waals surface area contributed by atoms with Gasteiger partial charge >= 0.3 is 0 Å². The Kier molecular flexibility index (Phi) is 9.26. The van der Waals surface area contributed by atoms with E-state index in [-0.39, 0.29) is 0 Å². The number of aromatic hydroxyl groups is 1. The quantitative estimate of drug-likeness (QED) is 0.331. The average molecular weight is 489 g/mol. The molecule has 0 saturated carbocycles. The molecule has 0 aromatic heterocycles. The summed E-state index contributed by atoms with van der Waals surface area (Å²) in [4.78, 5) is 2.46. The predicted octanol–water partition coefficient (Wildman–Crippen LogP) is 5.48. The number of phenolic OH excluding ortho intramolecular Hbond substituents is 1. The Bertz CT molecular complexity index is 1110. The number of hydrogen-bond acceptors (Lipinski definition) is 5. The molecule has 1 aliphatic rings. The number of rotatable bonds is 12. The zero-order chi connectivity index (χ0) is 25.3. The first-order chi connectivity index (χ1) is 17.6. The molecule has 0 radical (unpaired) electrons. The van der Waals surface area contributed by atoms with Gasteiger partial charge in [-0.2, -0.15) is 0 Å². The smallest absolute Gasteiger partial charge is 0.120 e. The van der Waals surface area contributed by atoms with Gasteiger partial charge in [0, 0.05) is 38.5 Å². The van der Waals surface area contributed by atoms with Gasteiger partial charge in [0.2, 0.25) is 0 Å². The number of ether oxygens (including phenoxy) is 2. The zero-order valence-electron chi connectivity index (χ0n) is 21.9. The van der Waals surface area contributed by atoms with Crippen molar-refractivity contribution in [2.45, 2.75) is 45.1 Å². The van der Waals surface area contributed by atoms with Gasteiger partial charge in [0.15, 0.2) is 0 Å². The van der Waals surface area contributed by atoms with Gasteiger partial charge in [-0.25, -0.2) is 0 Å². The Morgan fingerprint density at radius 3 is 2.50 bits per heavy atom. The third-order valence-corrected chi connectivity index (χ3v) is 7.29. The SMILES string of the molecule is CCN(Cc1ccc(CCNCCOC)cc1)c1cc(OC)ccc1[C@@H]1CCc2cc(O)ccc2C1. The molecule has 0 saturated heterocycles. The average Bonchev–Trinajstić information content (AvgIpc) is 2.91. The summed E-state index contributed by atoms with van der Waals surface area (Å²) in [6, 6.07) is 21.4. The summed E-state index contributed by atoms with van der Waals surface area (Å²) in [6.07, 6.45) is 4.09. The highest BCUT2D eigenvalue weighted by atomic mass is 16.5. The van der Waals surface area contributed by atoms with Gasteiger partial charge in [0.05, 0.1) is 13.7 Å². The number of phenols is 1. The van der Waals surface area contributed by atoms with Crippen molar-refractivity contribution in [3.63, 3.8) is 0 Å². The highest BCUT2D eigenvalue weighted by Crippen LogP contribution is 2.40. The minimum absolute atomic E-state index is 0.364. The van der Waals surface area contributed by atoms with Crippen LogP contribution in [0.25, 0.3) is 0 Å². The summed E-state index contributed by atoms with van der Waals surface area (Å²) >= 11 is 0. The van der Waals surface area contributed by atoms with Crippen LogP contribution in [0.3, 0.4) is 0 Å². The van der Waals surface area contributed by atoms with Crippen molar-refractivity contribution in [3.8, 4) is 11.5 Å². The van der Waals surface area contributed by atoms with E-state index >= 15 is 0 Å². The second-order valence-corrected chi connectivity index (χ2v) is 9.64. The van der Waals surface area contributed by atoms with Crippen LogP contribution in [-0.4, -0.2) is 45.6 Å². The van der Waals surface area contributed by atoms with Crippen LogP contribution < -0.4 is 15.0 Å². The number of aryl methyl sites for hydroxylation is 1. The standard InChI is InChI=1S/C31H40N2O3/c1-4-33(22-24-7-5-23(6-8-24)15-16-32-17-18-35-2)31-21-29(36-3)13-14-30(31)27-10-9-26-20-28(34)12-11-25(26)19-27/h5-8,11-14,20-21,27,32,34H,4,9-10,15-19,22H2,1-3H3/t27-/m1/s1. The minimum atomic E-state index is 0.364. The molecule has 5 nitrogen and oxygen atoms in total. The molecule has 1 aliphatic carbocycles. The summed E-state index contributed by atoms with van der Waals surface area (Å²) < 4.78 is 10.7. The van der Waals surface area contributed by atoms with Gasteiger partial charge in [-0.05, 0) is 91.1 Å². The Hall–Kier alpha value is -3.02. The van der Waals surface area contributed by atoms with Crippen molar-refractivity contribution in [2.24, 2.45) is 0 Å². The minimum Gasteiger partial charge on any atom is -0.508 e. The first kappa shape index (κ1) is 26.1. The Balaban J connectivity index is 1.49. The number of nitrogens with zero attached hydrogens (tertiary/aromatic N) is 1. The highest BCUT2D eigenvalue weighted by molar-refractivity contribution is 5.60. The molecule has 2 N–H and O–H groups in total. The van der Waals surface area contributed by atoms with E-state index in [2.05, 4.69) is 65.7 Å². The molecular formula is C31H40N2O3. The van der Waals surface area contributed by atoms with Crippen LogP contribution in [0.15, 0.2) is 60.7 Å². The topological polar surface area (TPSA) is 54.0 Å². The molecule has 4 rings (SSSR count). The fraction of sp³-hybridized carbons (Fsp3) is 0.419. The normalized spacial score (nSPS) is 14.9. The maximum atomic E-state index is 9.88. The lowest BCUT2D eigenvalue weighted by atomic mass is 9.79. The van der Waals surface area contributed by atoms with E-state index in [0.29, 0.717) is 11.7 Å².